The standard InChI is InChI=1S/C25H38N4O10/c1-13(31)28-20-22(35)21(34)16(12-30)39-25(20)38-11-9-27-18(33)8-7-14-4-2-5-15-19(14)24(37)29(23(15)36)10-3-6-17(26)32/h2,4,14-16,19-22,25,30,34-35H,3,5-12H2,1H3,(H2,26,32)(H,27,33)(H,28,31)/t14?,15?,16-,19?,20+,21-,22-,25+/m1/s1. The van der Waals surface area contributed by atoms with Gasteiger partial charge in [-0.25, -0.2) is 0 Å². The van der Waals surface area contributed by atoms with Crippen LogP contribution in [0, 0.1) is 17.8 Å². The number of likely N-dealkylation sites (tertiary alicyclic amines) is 1. The van der Waals surface area contributed by atoms with Crippen molar-refractivity contribution in [1.82, 2.24) is 15.5 Å². The van der Waals surface area contributed by atoms with Crippen molar-refractivity contribution in [3.05, 3.63) is 12.2 Å². The highest BCUT2D eigenvalue weighted by molar-refractivity contribution is 6.05. The third kappa shape index (κ3) is 7.60. The summed E-state index contributed by atoms with van der Waals surface area (Å²) >= 11 is 0. The Kier molecular flexibility index (Phi) is 10.9. The fraction of sp³-hybridized carbons (Fsp3) is 0.720. The summed E-state index contributed by atoms with van der Waals surface area (Å²) in [6, 6.07) is -1.08. The van der Waals surface area contributed by atoms with Gasteiger partial charge >= 0.3 is 0 Å². The van der Waals surface area contributed by atoms with Gasteiger partial charge in [0.25, 0.3) is 0 Å². The largest absolute Gasteiger partial charge is 0.394 e. The molecule has 0 aromatic rings. The van der Waals surface area contributed by atoms with Crippen molar-refractivity contribution in [3.8, 4) is 0 Å². The maximum absolute atomic E-state index is 13.0. The quantitative estimate of drug-likeness (QED) is 0.0785. The molecule has 7 N–H and O–H groups in total. The Morgan fingerprint density at radius 2 is 1.92 bits per heavy atom. The van der Waals surface area contributed by atoms with Crippen LogP contribution in [-0.2, 0) is 33.4 Å². The molecule has 8 atom stereocenters. The van der Waals surface area contributed by atoms with Gasteiger partial charge in [0.1, 0.15) is 24.4 Å². The maximum Gasteiger partial charge on any atom is 0.233 e. The average Bonchev–Trinajstić information content (AvgIpc) is 3.14. The van der Waals surface area contributed by atoms with E-state index in [1.165, 1.54) is 11.8 Å². The Balaban J connectivity index is 1.45. The van der Waals surface area contributed by atoms with E-state index in [-0.39, 0.29) is 56.2 Å². The zero-order valence-electron chi connectivity index (χ0n) is 21.9. The maximum atomic E-state index is 13.0. The first-order chi connectivity index (χ1) is 18.5. The van der Waals surface area contributed by atoms with E-state index in [1.54, 1.807) is 0 Å². The third-order valence-electron chi connectivity index (χ3n) is 7.27. The molecule has 0 bridgehead atoms. The van der Waals surface area contributed by atoms with E-state index < -0.39 is 60.9 Å². The lowest BCUT2D eigenvalue weighted by Gasteiger charge is -2.42. The van der Waals surface area contributed by atoms with E-state index in [0.717, 1.165) is 0 Å². The van der Waals surface area contributed by atoms with E-state index in [4.69, 9.17) is 15.2 Å². The summed E-state index contributed by atoms with van der Waals surface area (Å²) in [6.45, 7) is 0.830. The first-order valence-electron chi connectivity index (χ1n) is 13.1. The fourth-order valence-corrected chi connectivity index (χ4v) is 5.34. The molecule has 2 fully saturated rings. The van der Waals surface area contributed by atoms with Gasteiger partial charge in [-0.05, 0) is 25.2 Å². The number of aliphatic hydroxyl groups excluding tert-OH is 3. The molecular formula is C25H38N4O10. The SMILES string of the molecule is CC(=O)N[C@@H]1[C@@H](OCCNC(=O)CCC2C=CCC3C(=O)N(CCCC(N)=O)C(=O)C23)O[C@H](CO)[C@@H](O)[C@@H]1O. The number of rotatable bonds is 13. The molecule has 5 amide bonds. The number of imide groups is 1. The number of primary amides is 1. The van der Waals surface area contributed by atoms with Gasteiger partial charge in [-0.1, -0.05) is 12.2 Å². The number of fused-ring (bicyclic) bond motifs is 1. The van der Waals surface area contributed by atoms with Crippen molar-refractivity contribution < 1.29 is 48.8 Å². The summed E-state index contributed by atoms with van der Waals surface area (Å²) < 4.78 is 11.0. The van der Waals surface area contributed by atoms with Crippen molar-refractivity contribution in [2.24, 2.45) is 23.5 Å². The first-order valence-corrected chi connectivity index (χ1v) is 13.1. The number of carbonyl (C=O) groups excluding carboxylic acids is 5. The molecule has 1 aliphatic carbocycles. The van der Waals surface area contributed by atoms with E-state index in [2.05, 4.69) is 10.6 Å². The smallest absolute Gasteiger partial charge is 0.233 e. The minimum Gasteiger partial charge on any atom is -0.394 e. The van der Waals surface area contributed by atoms with E-state index in [0.29, 0.717) is 19.3 Å². The summed E-state index contributed by atoms with van der Waals surface area (Å²) in [5, 5.41) is 34.9. The van der Waals surface area contributed by atoms with Crippen LogP contribution in [0.5, 0.6) is 0 Å². The number of nitrogens with zero attached hydrogens (tertiary/aromatic N) is 1. The topological polar surface area (TPSA) is 218 Å². The van der Waals surface area contributed by atoms with Crippen LogP contribution in [0.3, 0.4) is 0 Å². The predicted molar refractivity (Wildman–Crippen MR) is 133 cm³/mol. The van der Waals surface area contributed by atoms with Gasteiger partial charge in [0.05, 0.1) is 25.0 Å². The molecule has 39 heavy (non-hydrogen) atoms. The van der Waals surface area contributed by atoms with Crippen molar-refractivity contribution in [2.45, 2.75) is 69.7 Å². The highest BCUT2D eigenvalue weighted by Crippen LogP contribution is 2.40. The first kappa shape index (κ1) is 30.6. The van der Waals surface area contributed by atoms with Gasteiger partial charge in [-0.2, -0.15) is 0 Å². The molecule has 3 unspecified atom stereocenters. The number of hydrogen-bond donors (Lipinski definition) is 6. The molecule has 14 heteroatoms. The lowest BCUT2D eigenvalue weighted by atomic mass is 9.75. The van der Waals surface area contributed by atoms with Crippen LogP contribution in [-0.4, -0.2) is 107 Å². The molecule has 3 aliphatic rings. The van der Waals surface area contributed by atoms with Crippen LogP contribution in [0.1, 0.15) is 39.0 Å². The van der Waals surface area contributed by atoms with Gasteiger partial charge in [0.15, 0.2) is 6.29 Å². The number of allylic oxidation sites excluding steroid dienone is 2. The predicted octanol–water partition coefficient (Wildman–Crippen LogP) is -2.71. The molecule has 0 aromatic carbocycles. The van der Waals surface area contributed by atoms with Gasteiger partial charge in [0.2, 0.25) is 29.5 Å². The number of hydrogen-bond acceptors (Lipinski definition) is 10. The summed E-state index contributed by atoms with van der Waals surface area (Å²) in [4.78, 5) is 61.9. The van der Waals surface area contributed by atoms with Crippen molar-refractivity contribution in [2.75, 3.05) is 26.3 Å². The van der Waals surface area contributed by atoms with Crippen molar-refractivity contribution >= 4 is 29.5 Å². The molecule has 14 nitrogen and oxygen atoms in total. The molecule has 2 heterocycles. The average molecular weight is 555 g/mol. The number of nitrogens with one attached hydrogen (secondary N) is 2. The Hall–Kier alpha value is -2.91. The number of nitrogens with two attached hydrogens (primary N) is 1. The second kappa shape index (κ2) is 13.9. The number of amides is 5. The van der Waals surface area contributed by atoms with Gasteiger partial charge in [0, 0.05) is 32.9 Å². The monoisotopic (exact) mass is 554 g/mol. The van der Waals surface area contributed by atoms with E-state index in [9.17, 15) is 39.3 Å². The van der Waals surface area contributed by atoms with Crippen LogP contribution in [0.4, 0.5) is 0 Å². The zero-order valence-corrected chi connectivity index (χ0v) is 21.9. The van der Waals surface area contributed by atoms with Crippen LogP contribution < -0.4 is 16.4 Å². The second-order valence-electron chi connectivity index (χ2n) is 10.1. The highest BCUT2D eigenvalue weighted by atomic mass is 16.7. The molecule has 2 saturated heterocycles. The molecule has 0 aromatic heterocycles. The summed E-state index contributed by atoms with van der Waals surface area (Å²) in [5.74, 6) is -3.09. The zero-order chi connectivity index (χ0) is 28.7. The van der Waals surface area contributed by atoms with Crippen molar-refractivity contribution in [3.63, 3.8) is 0 Å². The number of ether oxygens (including phenoxy) is 2. The lowest BCUT2D eigenvalue weighted by Crippen LogP contribution is -2.64. The molecule has 218 valence electrons. The molecule has 0 spiro atoms. The Labute approximate surface area is 225 Å². The van der Waals surface area contributed by atoms with Crippen molar-refractivity contribution in [1.29, 1.82) is 0 Å². The second-order valence-corrected chi connectivity index (χ2v) is 10.1. The minimum absolute atomic E-state index is 0.0469. The lowest BCUT2D eigenvalue weighted by molar-refractivity contribution is -0.269. The van der Waals surface area contributed by atoms with E-state index >= 15 is 0 Å². The number of carbonyl (C=O) groups is 5. The van der Waals surface area contributed by atoms with Crippen LogP contribution in [0.25, 0.3) is 0 Å². The van der Waals surface area contributed by atoms with Gasteiger partial charge in [-0.15, -0.1) is 0 Å². The molecule has 2 aliphatic heterocycles. The van der Waals surface area contributed by atoms with E-state index in [1.807, 2.05) is 12.2 Å². The molecule has 3 rings (SSSR count). The van der Waals surface area contributed by atoms with Crippen LogP contribution >= 0.6 is 0 Å². The summed E-state index contributed by atoms with van der Waals surface area (Å²) in [5.41, 5.74) is 5.15. The molecular weight excluding hydrogens is 516 g/mol. The Morgan fingerprint density at radius 1 is 1.18 bits per heavy atom. The Morgan fingerprint density at radius 3 is 2.59 bits per heavy atom. The van der Waals surface area contributed by atoms with Gasteiger partial charge < -0.3 is 41.2 Å². The number of aliphatic hydroxyl groups is 3. The summed E-state index contributed by atoms with van der Waals surface area (Å²) in [7, 11) is 0. The highest BCUT2D eigenvalue weighted by Gasteiger charge is 2.50. The summed E-state index contributed by atoms with van der Waals surface area (Å²) in [6.07, 6.45) is -0.0944. The minimum atomic E-state index is -1.43. The van der Waals surface area contributed by atoms with Gasteiger partial charge in [-0.3, -0.25) is 28.9 Å². The normalized spacial score (nSPS) is 32.2. The van der Waals surface area contributed by atoms with Crippen LogP contribution in [0.15, 0.2) is 12.2 Å². The third-order valence-corrected chi connectivity index (χ3v) is 7.27. The molecule has 0 radical (unpaired) electrons. The van der Waals surface area contributed by atoms with Crippen LogP contribution in [0.2, 0.25) is 0 Å². The molecule has 0 saturated carbocycles. The Bertz CT molecular complexity index is 959. The fourth-order valence-electron chi connectivity index (χ4n) is 5.34.